The van der Waals surface area contributed by atoms with E-state index in [0.29, 0.717) is 0 Å². The molecule has 0 amide bonds. The van der Waals surface area contributed by atoms with Crippen LogP contribution in [0, 0.1) is 0 Å². The monoisotopic (exact) mass is 184 g/mol. The maximum absolute atomic E-state index is 12.2. The van der Waals surface area contributed by atoms with E-state index >= 15 is 0 Å². The van der Waals surface area contributed by atoms with Crippen molar-refractivity contribution in [1.82, 2.24) is 0 Å². The van der Waals surface area contributed by atoms with Crippen molar-refractivity contribution in [3.8, 4) is 0 Å². The van der Waals surface area contributed by atoms with Gasteiger partial charge in [-0.1, -0.05) is 37.3 Å². The number of rotatable bonds is 4. The van der Waals surface area contributed by atoms with Crippen LogP contribution in [0.5, 0.6) is 0 Å². The van der Waals surface area contributed by atoms with Crippen molar-refractivity contribution in [3.63, 3.8) is 0 Å². The van der Waals surface area contributed by atoms with E-state index in [-0.39, 0.29) is 12.3 Å². The van der Waals surface area contributed by atoms with Crippen molar-refractivity contribution >= 4 is 0 Å². The van der Waals surface area contributed by atoms with Gasteiger partial charge in [0.15, 0.2) is 0 Å². The van der Waals surface area contributed by atoms with Crippen LogP contribution in [0.1, 0.15) is 31.2 Å². The van der Waals surface area contributed by atoms with Gasteiger partial charge in [0.25, 0.3) is 0 Å². The molecule has 0 aliphatic heterocycles. The summed E-state index contributed by atoms with van der Waals surface area (Å²) in [5, 5.41) is 0. The lowest BCUT2D eigenvalue weighted by molar-refractivity contribution is 0.127. The topological polar surface area (TPSA) is 0 Å². The zero-order valence-corrected chi connectivity index (χ0v) is 7.71. The molecule has 0 radical (unpaired) electrons. The Bertz CT molecular complexity index is 231. The average molecular weight is 184 g/mol. The summed E-state index contributed by atoms with van der Waals surface area (Å²) in [7, 11) is 0. The summed E-state index contributed by atoms with van der Waals surface area (Å²) in [5.41, 5.74) is 1.02. The van der Waals surface area contributed by atoms with Crippen molar-refractivity contribution in [2.75, 3.05) is 0 Å². The zero-order chi connectivity index (χ0) is 9.68. The van der Waals surface area contributed by atoms with Crippen molar-refractivity contribution < 1.29 is 8.78 Å². The number of halogens is 2. The Labute approximate surface area is 77.6 Å². The second-order valence-electron chi connectivity index (χ2n) is 3.14. The van der Waals surface area contributed by atoms with Crippen LogP contribution in [0.25, 0.3) is 0 Å². The lowest BCUT2D eigenvalue weighted by Gasteiger charge is -2.14. The Balaban J connectivity index is 2.67. The predicted octanol–water partition coefficient (Wildman–Crippen LogP) is 3.84. The van der Waals surface area contributed by atoms with E-state index in [9.17, 15) is 8.78 Å². The third kappa shape index (κ3) is 3.13. The molecular weight excluding hydrogens is 170 g/mol. The first-order valence-corrected chi connectivity index (χ1v) is 4.57. The fraction of sp³-hybridized carbons (Fsp3) is 0.455. The highest BCUT2D eigenvalue weighted by Gasteiger charge is 2.14. The minimum absolute atomic E-state index is 0.00111. The van der Waals surface area contributed by atoms with Crippen LogP contribution in [0.15, 0.2) is 30.3 Å². The molecular formula is C11H14F2. The molecule has 1 atom stereocenters. The van der Waals surface area contributed by atoms with E-state index in [4.69, 9.17) is 0 Å². The van der Waals surface area contributed by atoms with Crippen LogP contribution >= 0.6 is 0 Å². The molecule has 0 spiro atoms. The zero-order valence-electron chi connectivity index (χ0n) is 7.71. The Morgan fingerprint density at radius 2 is 1.77 bits per heavy atom. The highest BCUT2D eigenvalue weighted by molar-refractivity contribution is 5.19. The molecule has 0 heterocycles. The fourth-order valence-corrected chi connectivity index (χ4v) is 1.48. The van der Waals surface area contributed by atoms with Crippen molar-refractivity contribution in [2.24, 2.45) is 0 Å². The largest absolute Gasteiger partial charge is 0.239 e. The summed E-state index contributed by atoms with van der Waals surface area (Å²) in [6.07, 6.45) is -1.46. The number of benzene rings is 1. The molecule has 0 aliphatic carbocycles. The summed E-state index contributed by atoms with van der Waals surface area (Å²) in [6, 6.07) is 9.51. The third-order valence-corrected chi connectivity index (χ3v) is 2.23. The maximum atomic E-state index is 12.2. The number of hydrogen-bond donors (Lipinski definition) is 0. The smallest absolute Gasteiger partial charge is 0.211 e. The van der Waals surface area contributed by atoms with E-state index in [1.165, 1.54) is 0 Å². The van der Waals surface area contributed by atoms with E-state index in [1.54, 1.807) is 0 Å². The molecule has 0 nitrogen and oxygen atoms in total. The molecule has 1 rings (SSSR count). The molecule has 0 N–H and O–H groups in total. The van der Waals surface area contributed by atoms with Gasteiger partial charge in [0.2, 0.25) is 6.43 Å². The summed E-state index contributed by atoms with van der Waals surface area (Å²) >= 11 is 0. The summed E-state index contributed by atoms with van der Waals surface area (Å²) in [4.78, 5) is 0. The molecule has 13 heavy (non-hydrogen) atoms. The molecule has 1 unspecified atom stereocenters. The summed E-state index contributed by atoms with van der Waals surface area (Å²) in [6.45, 7) is 1.94. The van der Waals surface area contributed by atoms with Crippen LogP contribution in [-0.2, 0) is 0 Å². The molecule has 2 heteroatoms. The Morgan fingerprint density at radius 1 is 1.15 bits per heavy atom. The highest BCUT2D eigenvalue weighted by atomic mass is 19.3. The van der Waals surface area contributed by atoms with Gasteiger partial charge in [0.05, 0.1) is 0 Å². The Hall–Kier alpha value is -0.920. The molecule has 1 aromatic carbocycles. The molecule has 1 aromatic rings. The van der Waals surface area contributed by atoms with Crippen LogP contribution in [0.3, 0.4) is 0 Å². The minimum atomic E-state index is -2.20. The molecule has 72 valence electrons. The molecule has 0 aromatic heterocycles. The van der Waals surface area contributed by atoms with E-state index in [0.717, 1.165) is 12.0 Å². The first-order chi connectivity index (χ1) is 6.24. The lowest BCUT2D eigenvalue weighted by Crippen LogP contribution is -2.03. The molecule has 0 aliphatic rings. The SMILES string of the molecule is CCC(CC(F)F)c1ccccc1. The maximum Gasteiger partial charge on any atom is 0.239 e. The number of hydrogen-bond acceptors (Lipinski definition) is 0. The average Bonchev–Trinajstić information content (AvgIpc) is 2.15. The van der Waals surface area contributed by atoms with Gasteiger partial charge in [0.1, 0.15) is 0 Å². The van der Waals surface area contributed by atoms with Gasteiger partial charge < -0.3 is 0 Å². The van der Waals surface area contributed by atoms with Gasteiger partial charge >= 0.3 is 0 Å². The van der Waals surface area contributed by atoms with Gasteiger partial charge in [-0.15, -0.1) is 0 Å². The Morgan fingerprint density at radius 3 is 2.23 bits per heavy atom. The quantitative estimate of drug-likeness (QED) is 0.667. The first-order valence-electron chi connectivity index (χ1n) is 4.57. The summed E-state index contributed by atoms with van der Waals surface area (Å²) < 4.78 is 24.3. The standard InChI is InChI=1S/C11H14F2/c1-2-9(8-11(12)13)10-6-4-3-5-7-10/h3-7,9,11H,2,8H2,1H3. The number of alkyl halides is 2. The van der Waals surface area contributed by atoms with E-state index in [1.807, 2.05) is 37.3 Å². The minimum Gasteiger partial charge on any atom is -0.211 e. The van der Waals surface area contributed by atoms with Gasteiger partial charge in [-0.3, -0.25) is 0 Å². The van der Waals surface area contributed by atoms with Crippen molar-refractivity contribution in [2.45, 2.75) is 32.1 Å². The predicted molar refractivity (Wildman–Crippen MR) is 50.1 cm³/mol. The first kappa shape index (κ1) is 10.2. The third-order valence-electron chi connectivity index (χ3n) is 2.23. The fourth-order valence-electron chi connectivity index (χ4n) is 1.48. The van der Waals surface area contributed by atoms with Crippen molar-refractivity contribution in [1.29, 1.82) is 0 Å². The van der Waals surface area contributed by atoms with Crippen LogP contribution in [0.2, 0.25) is 0 Å². The van der Waals surface area contributed by atoms with Gasteiger partial charge in [-0.2, -0.15) is 0 Å². The van der Waals surface area contributed by atoms with Crippen LogP contribution in [-0.4, -0.2) is 6.43 Å². The normalized spacial score (nSPS) is 13.2. The van der Waals surface area contributed by atoms with Gasteiger partial charge in [-0.25, -0.2) is 8.78 Å². The summed E-state index contributed by atoms with van der Waals surface area (Å²) in [5.74, 6) is 0.00111. The Kier molecular flexibility index (Phi) is 3.87. The lowest BCUT2D eigenvalue weighted by atomic mass is 9.94. The second kappa shape index (κ2) is 4.95. The molecule has 0 saturated heterocycles. The van der Waals surface area contributed by atoms with Crippen LogP contribution < -0.4 is 0 Å². The molecule has 0 bridgehead atoms. The van der Waals surface area contributed by atoms with Gasteiger partial charge in [0, 0.05) is 6.42 Å². The van der Waals surface area contributed by atoms with Crippen molar-refractivity contribution in [3.05, 3.63) is 35.9 Å². The highest BCUT2D eigenvalue weighted by Crippen LogP contribution is 2.25. The van der Waals surface area contributed by atoms with Gasteiger partial charge in [-0.05, 0) is 17.9 Å². The molecule has 0 saturated carbocycles. The molecule has 0 fully saturated rings. The van der Waals surface area contributed by atoms with E-state index < -0.39 is 6.43 Å². The second-order valence-corrected chi connectivity index (χ2v) is 3.14. The van der Waals surface area contributed by atoms with E-state index in [2.05, 4.69) is 0 Å². The van der Waals surface area contributed by atoms with Crippen LogP contribution in [0.4, 0.5) is 8.78 Å².